The number of nitrogen functional groups attached to an aromatic ring is 2. The van der Waals surface area contributed by atoms with Crippen molar-refractivity contribution >= 4 is 67.3 Å². The molecule has 0 saturated carbocycles. The van der Waals surface area contributed by atoms with Crippen LogP contribution >= 0.6 is 55.4 Å². The molecule has 20 heteroatoms. The molecule has 0 unspecified atom stereocenters. The molecule has 48 heavy (non-hydrogen) atoms. The summed E-state index contributed by atoms with van der Waals surface area (Å²) in [7, 11) is 0. The molecule has 0 bridgehead atoms. The average molecular weight is 825 g/mol. The fraction of sp³-hybridized carbons (Fsp3) is 0.571. The molecule has 4 aromatic rings. The molecule has 0 aromatic carbocycles. The number of piperazine rings is 2. The molecule has 0 aliphatic carbocycles. The second-order valence-corrected chi connectivity index (χ2v) is 15.0. The summed E-state index contributed by atoms with van der Waals surface area (Å²) in [5.74, 6) is 15.6. The molecule has 0 atom stereocenters. The van der Waals surface area contributed by atoms with Crippen LogP contribution in [0.2, 0.25) is 0 Å². The van der Waals surface area contributed by atoms with E-state index in [0.717, 1.165) is 95.8 Å². The maximum atomic E-state index is 6.47. The molecule has 2 aliphatic rings. The van der Waals surface area contributed by atoms with Gasteiger partial charge in [-0.3, -0.25) is 0 Å². The monoisotopic (exact) mass is 822 g/mol. The third kappa shape index (κ3) is 7.67. The SMILES string of the molecule is CCN1CCN(c2nc(C)c(Br)c(Sc3nnc(CCc4nnc(Sc5nc(N6CCN(CC)CC6)nc(C)c5Br)n4N)n3N)n2)CC1. The van der Waals surface area contributed by atoms with Crippen molar-refractivity contribution in [1.82, 2.24) is 59.5 Å². The molecule has 0 amide bonds. The van der Waals surface area contributed by atoms with Crippen LogP contribution in [0.4, 0.5) is 11.9 Å². The largest absolute Gasteiger partial charge is 0.338 e. The lowest BCUT2D eigenvalue weighted by Crippen LogP contribution is -2.46. The van der Waals surface area contributed by atoms with Gasteiger partial charge in [-0.15, -0.1) is 20.4 Å². The van der Waals surface area contributed by atoms with Crippen LogP contribution in [0.1, 0.15) is 36.9 Å². The lowest BCUT2D eigenvalue weighted by Gasteiger charge is -2.34. The molecule has 6 heterocycles. The van der Waals surface area contributed by atoms with E-state index in [2.05, 4.69) is 85.7 Å². The number of nitrogens with zero attached hydrogens (tertiary/aromatic N) is 14. The zero-order valence-corrected chi connectivity index (χ0v) is 32.3. The standard InChI is InChI=1S/C28H40Br2N16S2/c1-5-41-9-13-43(14-10-41)25-33-17(3)21(29)23(35-25)47-27-39-37-19(45(27)31)7-8-20-38-40-28(46(20)32)48-24-22(30)18(4)34-26(36-24)44-15-11-42(6-2)12-16-44/h5-16,31-32H2,1-4H3. The molecule has 2 fully saturated rings. The Balaban J connectivity index is 1.11. The molecule has 16 nitrogen and oxygen atoms in total. The topological polar surface area (TPSA) is 178 Å². The van der Waals surface area contributed by atoms with Crippen molar-refractivity contribution in [3.05, 3.63) is 32.0 Å². The normalized spacial score (nSPS) is 16.3. The van der Waals surface area contributed by atoms with Crippen LogP contribution in [0.5, 0.6) is 0 Å². The van der Waals surface area contributed by atoms with E-state index in [1.54, 1.807) is 0 Å². The fourth-order valence-corrected chi connectivity index (χ4v) is 7.96. The molecule has 0 spiro atoms. The Morgan fingerprint density at radius 2 is 0.958 bits per heavy atom. The van der Waals surface area contributed by atoms with Gasteiger partial charge in [0.05, 0.1) is 20.3 Å². The van der Waals surface area contributed by atoms with Gasteiger partial charge in [-0.05, 0) is 82.3 Å². The van der Waals surface area contributed by atoms with Gasteiger partial charge in [0.1, 0.15) is 10.1 Å². The highest BCUT2D eigenvalue weighted by atomic mass is 79.9. The Morgan fingerprint density at radius 3 is 1.31 bits per heavy atom. The van der Waals surface area contributed by atoms with Crippen molar-refractivity contribution in [1.29, 1.82) is 0 Å². The van der Waals surface area contributed by atoms with Crippen LogP contribution in [0, 0.1) is 13.8 Å². The van der Waals surface area contributed by atoms with E-state index in [-0.39, 0.29) is 0 Å². The summed E-state index contributed by atoms with van der Waals surface area (Å²) in [4.78, 5) is 28.5. The Bertz CT molecular complexity index is 1610. The van der Waals surface area contributed by atoms with Crippen molar-refractivity contribution in [2.24, 2.45) is 0 Å². The first-order valence-electron chi connectivity index (χ1n) is 15.9. The van der Waals surface area contributed by atoms with E-state index in [9.17, 15) is 0 Å². The summed E-state index contributed by atoms with van der Waals surface area (Å²) in [5.41, 5.74) is 1.71. The second kappa shape index (κ2) is 15.4. The van der Waals surface area contributed by atoms with E-state index >= 15 is 0 Å². The number of anilines is 2. The van der Waals surface area contributed by atoms with E-state index in [0.29, 0.717) is 46.7 Å². The third-order valence-electron chi connectivity index (χ3n) is 8.57. The Labute approximate surface area is 305 Å². The van der Waals surface area contributed by atoms with E-state index in [4.69, 9.17) is 31.6 Å². The smallest absolute Gasteiger partial charge is 0.226 e. The van der Waals surface area contributed by atoms with Crippen LogP contribution < -0.4 is 21.5 Å². The molecule has 6 rings (SSSR count). The summed E-state index contributed by atoms with van der Waals surface area (Å²) in [5, 5.41) is 19.9. The van der Waals surface area contributed by atoms with Crippen molar-refractivity contribution in [2.45, 2.75) is 60.9 Å². The second-order valence-electron chi connectivity index (χ2n) is 11.5. The van der Waals surface area contributed by atoms with Crippen LogP contribution in [-0.4, -0.2) is 125 Å². The van der Waals surface area contributed by atoms with Crippen LogP contribution in [0.3, 0.4) is 0 Å². The number of hydrogen-bond donors (Lipinski definition) is 2. The molecular formula is C28H40Br2N16S2. The van der Waals surface area contributed by atoms with Crippen LogP contribution in [0.15, 0.2) is 29.3 Å². The maximum absolute atomic E-state index is 6.47. The molecule has 0 radical (unpaired) electrons. The minimum absolute atomic E-state index is 0.463. The van der Waals surface area contributed by atoms with Gasteiger partial charge in [-0.2, -0.15) is 0 Å². The molecule has 2 saturated heterocycles. The van der Waals surface area contributed by atoms with Gasteiger partial charge in [-0.1, -0.05) is 13.8 Å². The van der Waals surface area contributed by atoms with Gasteiger partial charge in [0.25, 0.3) is 0 Å². The van der Waals surface area contributed by atoms with Crippen molar-refractivity contribution in [2.75, 3.05) is 86.9 Å². The van der Waals surface area contributed by atoms with Crippen LogP contribution in [-0.2, 0) is 12.8 Å². The van der Waals surface area contributed by atoms with E-state index in [1.807, 2.05) is 13.8 Å². The summed E-state index contributed by atoms with van der Waals surface area (Å²) < 4.78 is 4.60. The zero-order valence-electron chi connectivity index (χ0n) is 27.5. The first-order valence-corrected chi connectivity index (χ1v) is 19.1. The predicted molar refractivity (Wildman–Crippen MR) is 194 cm³/mol. The number of aromatic nitrogens is 10. The number of rotatable bonds is 11. The number of halogens is 2. The molecular weight excluding hydrogens is 784 g/mol. The molecule has 4 N–H and O–H groups in total. The Hall–Kier alpha value is -2.78. The summed E-state index contributed by atoms with van der Waals surface area (Å²) in [6.07, 6.45) is 0.927. The quantitative estimate of drug-likeness (QED) is 0.166. The first-order chi connectivity index (χ1) is 23.1. The number of aryl methyl sites for hydroxylation is 4. The average Bonchev–Trinajstić information content (AvgIpc) is 3.63. The number of nitrogens with two attached hydrogens (primary N) is 2. The minimum Gasteiger partial charge on any atom is -0.338 e. The highest BCUT2D eigenvalue weighted by Crippen LogP contribution is 2.35. The predicted octanol–water partition coefficient (Wildman–Crippen LogP) is 2.39. The minimum atomic E-state index is 0.463. The van der Waals surface area contributed by atoms with E-state index < -0.39 is 0 Å². The lowest BCUT2D eigenvalue weighted by atomic mass is 10.3. The highest BCUT2D eigenvalue weighted by Gasteiger charge is 2.24. The third-order valence-corrected chi connectivity index (χ3v) is 12.9. The van der Waals surface area contributed by atoms with Gasteiger partial charge in [0, 0.05) is 65.2 Å². The number of likely N-dealkylation sites (N-methyl/N-ethyl adjacent to an activating group) is 2. The first kappa shape index (κ1) is 35.1. The summed E-state index contributed by atoms with van der Waals surface area (Å²) in [6, 6.07) is 0. The van der Waals surface area contributed by atoms with Gasteiger partial charge in [0.2, 0.25) is 22.2 Å². The number of hydrogen-bond acceptors (Lipinski definition) is 16. The van der Waals surface area contributed by atoms with Gasteiger partial charge in [-0.25, -0.2) is 29.3 Å². The summed E-state index contributed by atoms with van der Waals surface area (Å²) >= 11 is 10.0. The molecule has 2 aliphatic heterocycles. The zero-order chi connectivity index (χ0) is 33.9. The Kier molecular flexibility index (Phi) is 11.3. The fourth-order valence-electron chi connectivity index (χ4n) is 5.47. The van der Waals surface area contributed by atoms with Gasteiger partial charge >= 0.3 is 0 Å². The van der Waals surface area contributed by atoms with Crippen molar-refractivity contribution in [3.8, 4) is 0 Å². The van der Waals surface area contributed by atoms with Crippen molar-refractivity contribution in [3.63, 3.8) is 0 Å². The maximum Gasteiger partial charge on any atom is 0.226 e. The molecule has 4 aromatic heterocycles. The van der Waals surface area contributed by atoms with E-state index in [1.165, 1.54) is 32.9 Å². The Morgan fingerprint density at radius 1 is 0.583 bits per heavy atom. The van der Waals surface area contributed by atoms with Gasteiger partial charge < -0.3 is 31.3 Å². The van der Waals surface area contributed by atoms with Crippen LogP contribution in [0.25, 0.3) is 0 Å². The van der Waals surface area contributed by atoms with Gasteiger partial charge in [0.15, 0.2) is 11.6 Å². The van der Waals surface area contributed by atoms with Crippen molar-refractivity contribution < 1.29 is 0 Å². The summed E-state index contributed by atoms with van der Waals surface area (Å²) in [6.45, 7) is 17.9. The molecule has 258 valence electrons. The highest BCUT2D eigenvalue weighted by molar-refractivity contribution is 9.10. The lowest BCUT2D eigenvalue weighted by molar-refractivity contribution is 0.269.